The molecule has 122 valence electrons. The van der Waals surface area contributed by atoms with E-state index in [9.17, 15) is 14.9 Å². The van der Waals surface area contributed by atoms with E-state index in [0.717, 1.165) is 25.7 Å². The van der Waals surface area contributed by atoms with Crippen molar-refractivity contribution in [1.82, 2.24) is 10.4 Å². The molecule has 2 N–H and O–H groups in total. The number of benzene rings is 1. The maximum absolute atomic E-state index is 12.2. The van der Waals surface area contributed by atoms with Crippen LogP contribution in [0.4, 0.5) is 5.69 Å². The van der Waals surface area contributed by atoms with Crippen LogP contribution in [0.5, 0.6) is 0 Å². The van der Waals surface area contributed by atoms with Crippen molar-refractivity contribution in [3.8, 4) is 0 Å². The third-order valence-corrected chi connectivity index (χ3v) is 3.67. The number of hydrogen-bond donors (Lipinski definition) is 2. The molecule has 0 bridgehead atoms. The lowest BCUT2D eigenvalue weighted by molar-refractivity contribution is -0.384. The second-order valence-electron chi connectivity index (χ2n) is 5.36. The van der Waals surface area contributed by atoms with Crippen LogP contribution in [0.15, 0.2) is 23.3 Å². The van der Waals surface area contributed by atoms with Gasteiger partial charge in [-0.05, 0) is 31.4 Å². The number of unbranched alkanes of at least 4 members (excludes halogenated alkanes) is 3. The molecule has 0 saturated heterocycles. The van der Waals surface area contributed by atoms with E-state index in [0.29, 0.717) is 22.2 Å². The minimum absolute atomic E-state index is 0.000466. The largest absolute Gasteiger partial charge is 0.350 e. The van der Waals surface area contributed by atoms with E-state index >= 15 is 0 Å². The maximum atomic E-state index is 12.2. The number of nitro groups is 1. The molecule has 0 aliphatic carbocycles. The van der Waals surface area contributed by atoms with Crippen molar-refractivity contribution in [2.45, 2.75) is 39.5 Å². The van der Waals surface area contributed by atoms with Gasteiger partial charge < -0.3 is 4.98 Å². The molecular weight excluding hydrogens is 296 g/mol. The molecule has 0 spiro atoms. The summed E-state index contributed by atoms with van der Waals surface area (Å²) < 4.78 is 0. The molecule has 1 heterocycles. The van der Waals surface area contributed by atoms with E-state index in [2.05, 4.69) is 22.4 Å². The number of carbonyl (C=O) groups is 1. The number of hydrogen-bond acceptors (Lipinski definition) is 4. The van der Waals surface area contributed by atoms with Gasteiger partial charge in [0, 0.05) is 29.3 Å². The van der Waals surface area contributed by atoms with Crippen LogP contribution in [-0.2, 0) is 0 Å². The minimum atomic E-state index is -0.452. The number of aromatic nitrogens is 1. The van der Waals surface area contributed by atoms with Gasteiger partial charge in [0.25, 0.3) is 11.6 Å². The quantitative estimate of drug-likeness (QED) is 0.352. The van der Waals surface area contributed by atoms with Gasteiger partial charge in [0.2, 0.25) is 0 Å². The number of fused-ring (bicyclic) bond motifs is 1. The summed E-state index contributed by atoms with van der Waals surface area (Å²) >= 11 is 0. The minimum Gasteiger partial charge on any atom is -0.350 e. The van der Waals surface area contributed by atoms with Crippen molar-refractivity contribution in [3.05, 3.63) is 39.6 Å². The van der Waals surface area contributed by atoms with E-state index < -0.39 is 4.92 Å². The van der Waals surface area contributed by atoms with Gasteiger partial charge in [-0.15, -0.1) is 0 Å². The van der Waals surface area contributed by atoms with Crippen LogP contribution in [0, 0.1) is 17.0 Å². The Morgan fingerprint density at radius 3 is 2.91 bits per heavy atom. The summed E-state index contributed by atoms with van der Waals surface area (Å²) in [7, 11) is 0. The Hall–Kier alpha value is -2.70. The van der Waals surface area contributed by atoms with Crippen LogP contribution in [0.25, 0.3) is 10.9 Å². The van der Waals surface area contributed by atoms with E-state index in [1.54, 1.807) is 19.2 Å². The Morgan fingerprint density at radius 1 is 1.43 bits per heavy atom. The first-order valence-electron chi connectivity index (χ1n) is 7.63. The summed E-state index contributed by atoms with van der Waals surface area (Å²) in [5.41, 5.74) is 4.20. The topological polar surface area (TPSA) is 100 Å². The number of aryl methyl sites for hydroxylation is 1. The third kappa shape index (κ3) is 3.94. The molecule has 7 nitrogen and oxygen atoms in total. The number of H-pyrrole nitrogens is 1. The molecule has 1 amide bonds. The normalized spacial score (nSPS) is 11.2. The number of nitrogens with zero attached hydrogens (tertiary/aromatic N) is 2. The zero-order valence-corrected chi connectivity index (χ0v) is 13.3. The highest BCUT2D eigenvalue weighted by Crippen LogP contribution is 2.25. The summed E-state index contributed by atoms with van der Waals surface area (Å²) in [6.45, 7) is 3.88. The van der Waals surface area contributed by atoms with Gasteiger partial charge in [-0.1, -0.05) is 19.8 Å². The molecular formula is C16H20N4O3. The fourth-order valence-corrected chi connectivity index (χ4v) is 2.37. The number of aromatic amines is 1. The molecule has 0 radical (unpaired) electrons. The van der Waals surface area contributed by atoms with Crippen LogP contribution in [0.1, 0.15) is 48.7 Å². The van der Waals surface area contributed by atoms with Gasteiger partial charge in [0.1, 0.15) is 5.69 Å². The van der Waals surface area contributed by atoms with Crippen LogP contribution < -0.4 is 5.43 Å². The van der Waals surface area contributed by atoms with Crippen molar-refractivity contribution < 1.29 is 9.72 Å². The molecule has 2 rings (SSSR count). The molecule has 1 aromatic carbocycles. The maximum Gasteiger partial charge on any atom is 0.288 e. The zero-order valence-electron chi connectivity index (χ0n) is 13.3. The highest BCUT2D eigenvalue weighted by atomic mass is 16.6. The molecule has 1 aromatic heterocycles. The van der Waals surface area contributed by atoms with Crippen molar-refractivity contribution in [3.63, 3.8) is 0 Å². The first-order valence-corrected chi connectivity index (χ1v) is 7.63. The van der Waals surface area contributed by atoms with Crippen LogP contribution >= 0.6 is 0 Å². The predicted molar refractivity (Wildman–Crippen MR) is 89.8 cm³/mol. The Bertz CT molecular complexity index is 749. The average Bonchev–Trinajstić information content (AvgIpc) is 2.87. The van der Waals surface area contributed by atoms with Crippen molar-refractivity contribution >= 4 is 28.7 Å². The van der Waals surface area contributed by atoms with Crippen LogP contribution in [0.3, 0.4) is 0 Å². The second-order valence-corrected chi connectivity index (χ2v) is 5.36. The number of nitrogens with one attached hydrogen (secondary N) is 2. The molecule has 0 saturated carbocycles. The number of amides is 1. The molecule has 7 heteroatoms. The van der Waals surface area contributed by atoms with Crippen molar-refractivity contribution in [1.29, 1.82) is 0 Å². The van der Waals surface area contributed by atoms with E-state index in [4.69, 9.17) is 0 Å². The smallest absolute Gasteiger partial charge is 0.288 e. The first kappa shape index (κ1) is 16.7. The summed E-state index contributed by atoms with van der Waals surface area (Å²) in [5.74, 6) is -0.354. The lowest BCUT2D eigenvalue weighted by Gasteiger charge is -1.98. The molecule has 0 fully saturated rings. The van der Waals surface area contributed by atoms with E-state index in [1.165, 1.54) is 12.1 Å². The monoisotopic (exact) mass is 316 g/mol. The van der Waals surface area contributed by atoms with Gasteiger partial charge in [-0.3, -0.25) is 14.9 Å². The van der Waals surface area contributed by atoms with Crippen molar-refractivity contribution in [2.24, 2.45) is 5.10 Å². The Kier molecular flexibility index (Phi) is 5.46. The third-order valence-electron chi connectivity index (χ3n) is 3.67. The second kappa shape index (κ2) is 7.53. The molecule has 2 aromatic rings. The molecule has 0 aliphatic heterocycles. The van der Waals surface area contributed by atoms with Crippen LogP contribution in [-0.4, -0.2) is 22.0 Å². The summed E-state index contributed by atoms with van der Waals surface area (Å²) in [5, 5.41) is 15.4. The van der Waals surface area contributed by atoms with E-state index in [-0.39, 0.29) is 11.6 Å². The van der Waals surface area contributed by atoms with Gasteiger partial charge in [-0.25, -0.2) is 5.43 Å². The SMILES string of the molecule is CCCCC/C=N\NC(=O)c1[nH]c2ccc([N+](=O)[O-])cc2c1C. The fourth-order valence-electron chi connectivity index (χ4n) is 2.37. The number of carbonyl (C=O) groups excluding carboxylic acids is 1. The average molecular weight is 316 g/mol. The van der Waals surface area contributed by atoms with Crippen LogP contribution in [0.2, 0.25) is 0 Å². The standard InChI is InChI=1S/C16H20N4O3/c1-3-4-5-6-9-17-19-16(21)15-11(2)13-10-12(20(22)23)7-8-14(13)18-15/h7-10,18H,3-6H2,1-2H3,(H,19,21)/b17-9-. The van der Waals surface area contributed by atoms with E-state index in [1.807, 2.05) is 0 Å². The summed E-state index contributed by atoms with van der Waals surface area (Å²) in [6, 6.07) is 4.48. The summed E-state index contributed by atoms with van der Waals surface area (Å²) in [4.78, 5) is 25.5. The number of hydrazone groups is 1. The van der Waals surface area contributed by atoms with Gasteiger partial charge in [-0.2, -0.15) is 5.10 Å². The van der Waals surface area contributed by atoms with Gasteiger partial charge in [0.15, 0.2) is 0 Å². The molecule has 0 unspecified atom stereocenters. The lowest BCUT2D eigenvalue weighted by Crippen LogP contribution is -2.18. The van der Waals surface area contributed by atoms with Crippen molar-refractivity contribution in [2.75, 3.05) is 0 Å². The fraction of sp³-hybridized carbons (Fsp3) is 0.375. The highest BCUT2D eigenvalue weighted by molar-refractivity contribution is 6.01. The Labute approximate surface area is 133 Å². The Balaban J connectivity index is 2.11. The first-order chi connectivity index (χ1) is 11.0. The number of rotatable bonds is 7. The zero-order chi connectivity index (χ0) is 16.8. The predicted octanol–water partition coefficient (Wildman–Crippen LogP) is 3.68. The lowest BCUT2D eigenvalue weighted by atomic mass is 10.1. The van der Waals surface area contributed by atoms with Gasteiger partial charge in [0.05, 0.1) is 4.92 Å². The van der Waals surface area contributed by atoms with Gasteiger partial charge >= 0.3 is 0 Å². The number of non-ortho nitro benzene ring substituents is 1. The molecule has 23 heavy (non-hydrogen) atoms. The molecule has 0 atom stereocenters. The molecule has 0 aliphatic rings. The highest BCUT2D eigenvalue weighted by Gasteiger charge is 2.16. The number of nitro benzene ring substituents is 1. The summed E-state index contributed by atoms with van der Waals surface area (Å²) in [6.07, 6.45) is 5.84. The Morgan fingerprint density at radius 2 is 2.22 bits per heavy atom.